The zero-order chi connectivity index (χ0) is 24.3. The highest BCUT2D eigenvalue weighted by Gasteiger charge is 2.24. The number of thiazole rings is 1. The molecule has 3 aromatic rings. The SMILES string of the molecule is CN(c1nc2ccccc2s1)C1CCCN(CCCCOc2ccccc2)C1.O=C(O)C(=O)O. The van der Waals surface area contributed by atoms with E-state index in [0.717, 1.165) is 42.5 Å². The zero-order valence-corrected chi connectivity index (χ0v) is 20.1. The fourth-order valence-corrected chi connectivity index (χ4v) is 4.86. The molecule has 182 valence electrons. The number of nitrogens with zero attached hydrogens (tertiary/aromatic N) is 3. The van der Waals surface area contributed by atoms with E-state index in [4.69, 9.17) is 29.5 Å². The van der Waals surface area contributed by atoms with E-state index in [0.29, 0.717) is 6.04 Å². The number of piperidine rings is 1. The van der Waals surface area contributed by atoms with Crippen LogP contribution in [0.2, 0.25) is 0 Å². The van der Waals surface area contributed by atoms with Crippen LogP contribution < -0.4 is 9.64 Å². The van der Waals surface area contributed by atoms with Gasteiger partial charge in [0.2, 0.25) is 0 Å². The summed E-state index contributed by atoms with van der Waals surface area (Å²) in [6, 6.07) is 19.1. The molecule has 2 N–H and O–H groups in total. The number of benzene rings is 2. The molecule has 34 heavy (non-hydrogen) atoms. The summed E-state index contributed by atoms with van der Waals surface area (Å²) < 4.78 is 7.08. The number of carbonyl (C=O) groups is 2. The van der Waals surface area contributed by atoms with Crippen molar-refractivity contribution in [2.24, 2.45) is 0 Å². The normalized spacial score (nSPS) is 15.9. The number of rotatable bonds is 8. The van der Waals surface area contributed by atoms with Gasteiger partial charge in [0, 0.05) is 19.6 Å². The van der Waals surface area contributed by atoms with E-state index in [1.165, 1.54) is 30.5 Å². The Morgan fingerprint density at radius 2 is 1.79 bits per heavy atom. The van der Waals surface area contributed by atoms with E-state index < -0.39 is 11.9 Å². The first kappa shape index (κ1) is 25.5. The molecular weight excluding hydrogens is 454 g/mol. The Labute approximate surface area is 203 Å². The van der Waals surface area contributed by atoms with Crippen LogP contribution >= 0.6 is 11.3 Å². The van der Waals surface area contributed by atoms with Crippen LogP contribution in [0.15, 0.2) is 54.6 Å². The Hall–Kier alpha value is -3.17. The number of aliphatic carboxylic acids is 2. The minimum atomic E-state index is -1.82. The predicted molar refractivity (Wildman–Crippen MR) is 134 cm³/mol. The van der Waals surface area contributed by atoms with Gasteiger partial charge in [-0.25, -0.2) is 14.6 Å². The molecule has 1 aliphatic heterocycles. The molecule has 8 nitrogen and oxygen atoms in total. The van der Waals surface area contributed by atoms with Gasteiger partial charge in [-0.1, -0.05) is 41.7 Å². The maximum Gasteiger partial charge on any atom is 0.414 e. The fourth-order valence-electron chi connectivity index (χ4n) is 3.86. The van der Waals surface area contributed by atoms with Crippen molar-refractivity contribution in [2.75, 3.05) is 38.2 Å². The molecule has 0 amide bonds. The second kappa shape index (κ2) is 12.9. The lowest BCUT2D eigenvalue weighted by molar-refractivity contribution is -0.159. The summed E-state index contributed by atoms with van der Waals surface area (Å²) in [6.07, 6.45) is 4.80. The first-order chi connectivity index (χ1) is 16.4. The number of hydrogen-bond acceptors (Lipinski definition) is 7. The van der Waals surface area contributed by atoms with Gasteiger partial charge in [-0.3, -0.25) is 0 Å². The quantitative estimate of drug-likeness (QED) is 0.361. The molecule has 2 aromatic carbocycles. The van der Waals surface area contributed by atoms with Crippen molar-refractivity contribution in [3.63, 3.8) is 0 Å². The molecule has 1 unspecified atom stereocenters. The Kier molecular flexibility index (Phi) is 9.66. The third-order valence-corrected chi connectivity index (χ3v) is 6.80. The fraction of sp³-hybridized carbons (Fsp3) is 0.400. The maximum atomic E-state index is 9.10. The summed E-state index contributed by atoms with van der Waals surface area (Å²) in [7, 11) is 2.21. The van der Waals surface area contributed by atoms with Crippen LogP contribution in [-0.2, 0) is 9.59 Å². The van der Waals surface area contributed by atoms with Crippen LogP contribution in [0.1, 0.15) is 25.7 Å². The van der Waals surface area contributed by atoms with Crippen LogP contribution in [0.3, 0.4) is 0 Å². The number of likely N-dealkylation sites (N-methyl/N-ethyl adjacent to an activating group) is 1. The highest BCUT2D eigenvalue weighted by molar-refractivity contribution is 7.22. The number of hydrogen-bond donors (Lipinski definition) is 2. The van der Waals surface area contributed by atoms with Crippen molar-refractivity contribution in [3.8, 4) is 5.75 Å². The van der Waals surface area contributed by atoms with Gasteiger partial charge in [0.15, 0.2) is 5.13 Å². The van der Waals surface area contributed by atoms with Crippen molar-refractivity contribution >= 4 is 38.6 Å². The van der Waals surface area contributed by atoms with E-state index >= 15 is 0 Å². The summed E-state index contributed by atoms with van der Waals surface area (Å²) in [5.41, 5.74) is 1.11. The lowest BCUT2D eigenvalue weighted by atomic mass is 10.0. The van der Waals surface area contributed by atoms with Crippen LogP contribution in [0.4, 0.5) is 5.13 Å². The summed E-state index contributed by atoms with van der Waals surface area (Å²) in [4.78, 5) is 28.0. The monoisotopic (exact) mass is 485 g/mol. The zero-order valence-electron chi connectivity index (χ0n) is 19.3. The molecule has 2 heterocycles. The van der Waals surface area contributed by atoms with Crippen molar-refractivity contribution in [1.29, 1.82) is 0 Å². The smallest absolute Gasteiger partial charge is 0.414 e. The average molecular weight is 486 g/mol. The molecule has 1 fully saturated rings. The van der Waals surface area contributed by atoms with Crippen LogP contribution in [0, 0.1) is 0 Å². The Bertz CT molecular complexity index is 1010. The topological polar surface area (TPSA) is 103 Å². The number of para-hydroxylation sites is 2. The van der Waals surface area contributed by atoms with E-state index in [-0.39, 0.29) is 0 Å². The number of aromatic nitrogens is 1. The third kappa shape index (κ3) is 7.71. The summed E-state index contributed by atoms with van der Waals surface area (Å²) in [5.74, 6) is -2.68. The number of carboxylic acids is 2. The number of unbranched alkanes of at least 4 members (excludes halogenated alkanes) is 1. The van der Waals surface area contributed by atoms with Gasteiger partial charge in [-0.15, -0.1) is 0 Å². The van der Waals surface area contributed by atoms with Gasteiger partial charge in [0.1, 0.15) is 5.75 Å². The second-order valence-electron chi connectivity index (χ2n) is 8.15. The second-order valence-corrected chi connectivity index (χ2v) is 9.16. The van der Waals surface area contributed by atoms with Gasteiger partial charge in [0.25, 0.3) is 0 Å². The van der Waals surface area contributed by atoms with Crippen molar-refractivity contribution in [3.05, 3.63) is 54.6 Å². The Morgan fingerprint density at radius 1 is 1.09 bits per heavy atom. The number of carboxylic acid groups (broad SMARTS) is 2. The molecule has 0 radical (unpaired) electrons. The molecule has 0 saturated carbocycles. The summed E-state index contributed by atoms with van der Waals surface area (Å²) in [6.45, 7) is 4.30. The van der Waals surface area contributed by atoms with Crippen molar-refractivity contribution in [1.82, 2.24) is 9.88 Å². The third-order valence-electron chi connectivity index (χ3n) is 5.68. The first-order valence-corrected chi connectivity index (χ1v) is 12.2. The largest absolute Gasteiger partial charge is 0.494 e. The first-order valence-electron chi connectivity index (χ1n) is 11.4. The van der Waals surface area contributed by atoms with E-state index in [9.17, 15) is 0 Å². The highest BCUT2D eigenvalue weighted by atomic mass is 32.1. The Balaban J connectivity index is 0.000000481. The standard InChI is InChI=1S/C23H29N3OS.C2H2O4/c1-25(23-24-21-13-5-6-14-22(21)28-23)19-10-9-16-26(18-19)15-7-8-17-27-20-11-3-2-4-12-20;3-1(4)2(5)6/h2-6,11-14,19H,7-10,15-18H2,1H3;(H,3,4)(H,5,6). The summed E-state index contributed by atoms with van der Waals surface area (Å²) in [5, 5.41) is 15.9. The minimum Gasteiger partial charge on any atom is -0.494 e. The molecule has 0 aliphatic carbocycles. The molecule has 0 bridgehead atoms. The van der Waals surface area contributed by atoms with Crippen molar-refractivity contribution < 1.29 is 24.5 Å². The highest BCUT2D eigenvalue weighted by Crippen LogP contribution is 2.30. The van der Waals surface area contributed by atoms with E-state index in [1.54, 1.807) is 11.3 Å². The molecule has 4 rings (SSSR count). The number of ether oxygens (including phenoxy) is 1. The molecule has 0 spiro atoms. The van der Waals surface area contributed by atoms with Gasteiger partial charge in [-0.2, -0.15) is 0 Å². The Morgan fingerprint density at radius 3 is 2.50 bits per heavy atom. The minimum absolute atomic E-state index is 0.551. The molecule has 1 aliphatic rings. The van der Waals surface area contributed by atoms with Crippen LogP contribution in [0.5, 0.6) is 5.75 Å². The number of likely N-dealkylation sites (tertiary alicyclic amines) is 1. The predicted octanol–water partition coefficient (Wildman–Crippen LogP) is 4.21. The van der Waals surface area contributed by atoms with Crippen LogP contribution in [0.25, 0.3) is 10.2 Å². The number of fused-ring (bicyclic) bond motifs is 1. The molecule has 1 aromatic heterocycles. The van der Waals surface area contributed by atoms with Gasteiger partial charge in [0.05, 0.1) is 16.8 Å². The van der Waals surface area contributed by atoms with Gasteiger partial charge < -0.3 is 24.7 Å². The van der Waals surface area contributed by atoms with E-state index in [2.05, 4.69) is 41.1 Å². The molecule has 1 saturated heterocycles. The molecular formula is C25H31N3O5S. The summed E-state index contributed by atoms with van der Waals surface area (Å²) >= 11 is 1.80. The number of anilines is 1. The lowest BCUT2D eigenvalue weighted by Crippen LogP contribution is -2.46. The molecule has 1 atom stereocenters. The lowest BCUT2D eigenvalue weighted by Gasteiger charge is -2.37. The molecule has 9 heteroatoms. The van der Waals surface area contributed by atoms with Crippen LogP contribution in [-0.4, -0.2) is 71.4 Å². The van der Waals surface area contributed by atoms with E-state index in [1.807, 2.05) is 30.3 Å². The van der Waals surface area contributed by atoms with Gasteiger partial charge in [-0.05, 0) is 63.0 Å². The average Bonchev–Trinajstić information content (AvgIpc) is 3.29. The van der Waals surface area contributed by atoms with Gasteiger partial charge >= 0.3 is 11.9 Å². The van der Waals surface area contributed by atoms with Crippen molar-refractivity contribution in [2.45, 2.75) is 31.7 Å². The maximum absolute atomic E-state index is 9.10.